The fraction of sp³-hybridized carbons (Fsp3) is 0.368. The van der Waals surface area contributed by atoms with E-state index in [0.29, 0.717) is 5.01 Å². The molecule has 0 unspecified atom stereocenters. The highest BCUT2D eigenvalue weighted by atomic mass is 32.1. The molecule has 7 heteroatoms. The van der Waals surface area contributed by atoms with Gasteiger partial charge in [-0.3, -0.25) is 4.79 Å². The zero-order chi connectivity index (χ0) is 19.3. The number of rotatable bonds is 6. The van der Waals surface area contributed by atoms with Crippen LogP contribution in [0.25, 0.3) is 16.3 Å². The van der Waals surface area contributed by atoms with Crippen molar-refractivity contribution in [3.63, 3.8) is 0 Å². The molecule has 26 heavy (non-hydrogen) atoms. The Balaban J connectivity index is 1.96. The van der Waals surface area contributed by atoms with E-state index in [2.05, 4.69) is 16.4 Å². The maximum absolute atomic E-state index is 12.2. The summed E-state index contributed by atoms with van der Waals surface area (Å²) in [5.41, 5.74) is -0.156. The van der Waals surface area contributed by atoms with Crippen LogP contribution in [0.5, 0.6) is 0 Å². The van der Waals surface area contributed by atoms with E-state index in [1.165, 1.54) is 24.3 Å². The molecule has 1 aromatic carbocycles. The third-order valence-electron chi connectivity index (χ3n) is 4.10. The fourth-order valence-electron chi connectivity index (χ4n) is 2.03. The van der Waals surface area contributed by atoms with E-state index in [1.54, 1.807) is 13.0 Å². The summed E-state index contributed by atoms with van der Waals surface area (Å²) in [5.74, 6) is -1.24. The molecule has 1 heterocycles. The van der Waals surface area contributed by atoms with Crippen molar-refractivity contribution >= 4 is 39.5 Å². The molecule has 0 saturated carbocycles. The number of carbonyl (C=O) groups is 2. The van der Waals surface area contributed by atoms with Crippen molar-refractivity contribution in [3.05, 3.63) is 35.3 Å². The molecule has 0 spiro atoms. The van der Waals surface area contributed by atoms with Crippen molar-refractivity contribution in [2.75, 3.05) is 0 Å². The minimum Gasteiger partial charge on any atom is -0.449 e. The molecule has 6 nitrogen and oxygen atoms in total. The minimum absolute atomic E-state index is 0.0849. The van der Waals surface area contributed by atoms with E-state index in [4.69, 9.17) is 4.74 Å². The Morgan fingerprint density at radius 1 is 1.35 bits per heavy atom. The molecule has 0 aliphatic heterocycles. The predicted octanol–water partition coefficient (Wildman–Crippen LogP) is 3.30. The van der Waals surface area contributed by atoms with Crippen LogP contribution in [0.15, 0.2) is 30.3 Å². The number of esters is 1. The molecule has 0 aliphatic carbocycles. The van der Waals surface area contributed by atoms with Crippen LogP contribution in [0.1, 0.15) is 32.7 Å². The lowest BCUT2D eigenvalue weighted by molar-refractivity contribution is -0.150. The molecule has 1 aromatic heterocycles. The van der Waals surface area contributed by atoms with Crippen molar-refractivity contribution in [3.8, 4) is 6.07 Å². The van der Waals surface area contributed by atoms with Crippen molar-refractivity contribution in [1.29, 1.82) is 5.26 Å². The highest BCUT2D eigenvalue weighted by Gasteiger charge is 2.32. The molecule has 2 rings (SSSR count). The molecule has 0 fully saturated rings. The number of hydrogen-bond donors (Lipinski definition) is 1. The van der Waals surface area contributed by atoms with Gasteiger partial charge in [0.1, 0.15) is 10.5 Å². The first-order valence-electron chi connectivity index (χ1n) is 8.22. The number of nitrogens with one attached hydrogen (secondary N) is 1. The van der Waals surface area contributed by atoms with Crippen LogP contribution < -0.4 is 5.32 Å². The Labute approximate surface area is 156 Å². The monoisotopic (exact) mass is 371 g/mol. The van der Waals surface area contributed by atoms with Crippen LogP contribution in [0.3, 0.4) is 0 Å². The van der Waals surface area contributed by atoms with Crippen LogP contribution in [0.4, 0.5) is 0 Å². The number of aromatic nitrogens is 1. The Bertz CT molecular complexity index is 849. The van der Waals surface area contributed by atoms with E-state index in [1.807, 2.05) is 38.1 Å². The third kappa shape index (κ3) is 4.67. The molecule has 0 aliphatic rings. The summed E-state index contributed by atoms with van der Waals surface area (Å²) >= 11 is 1.46. The average molecular weight is 371 g/mol. The second-order valence-electron chi connectivity index (χ2n) is 6.39. The number of benzene rings is 1. The first kappa shape index (κ1) is 19.6. The van der Waals surface area contributed by atoms with Gasteiger partial charge in [-0.25, -0.2) is 9.78 Å². The third-order valence-corrected chi connectivity index (χ3v) is 5.11. The molecule has 1 N–H and O–H groups in total. The maximum atomic E-state index is 12.2. The summed E-state index contributed by atoms with van der Waals surface area (Å²) in [4.78, 5) is 28.5. The average Bonchev–Trinajstić information content (AvgIpc) is 3.02. The van der Waals surface area contributed by atoms with Gasteiger partial charge < -0.3 is 10.1 Å². The Morgan fingerprint density at radius 3 is 2.65 bits per heavy atom. The minimum atomic E-state index is -1.02. The van der Waals surface area contributed by atoms with Crippen molar-refractivity contribution in [2.45, 2.75) is 39.3 Å². The largest absolute Gasteiger partial charge is 0.449 e. The SMILES string of the molecule is CC(C)[C@@](C)(C#N)NC(=O)[C@H](C)OC(=O)/C=C/c1nc2ccccc2s1. The van der Waals surface area contributed by atoms with Gasteiger partial charge in [-0.15, -0.1) is 11.3 Å². The van der Waals surface area contributed by atoms with E-state index >= 15 is 0 Å². The quantitative estimate of drug-likeness (QED) is 0.621. The summed E-state index contributed by atoms with van der Waals surface area (Å²) in [7, 11) is 0. The zero-order valence-corrected chi connectivity index (χ0v) is 16.0. The van der Waals surface area contributed by atoms with Crippen LogP contribution in [0, 0.1) is 17.2 Å². The van der Waals surface area contributed by atoms with Crippen molar-refractivity contribution < 1.29 is 14.3 Å². The summed E-state index contributed by atoms with van der Waals surface area (Å²) in [6, 6.07) is 9.76. The second kappa shape index (κ2) is 8.11. The molecular weight excluding hydrogens is 350 g/mol. The lowest BCUT2D eigenvalue weighted by atomic mass is 9.90. The van der Waals surface area contributed by atoms with E-state index in [9.17, 15) is 14.9 Å². The summed E-state index contributed by atoms with van der Waals surface area (Å²) in [6.45, 7) is 6.77. The first-order chi connectivity index (χ1) is 12.2. The molecule has 2 aromatic rings. The number of amides is 1. The molecule has 136 valence electrons. The van der Waals surface area contributed by atoms with Gasteiger partial charge in [-0.2, -0.15) is 5.26 Å². The smallest absolute Gasteiger partial charge is 0.331 e. The van der Waals surface area contributed by atoms with Gasteiger partial charge in [0, 0.05) is 6.08 Å². The van der Waals surface area contributed by atoms with Crippen molar-refractivity contribution in [1.82, 2.24) is 10.3 Å². The molecular formula is C19H21N3O3S. The molecule has 0 saturated heterocycles. The topological polar surface area (TPSA) is 92.1 Å². The first-order valence-corrected chi connectivity index (χ1v) is 9.04. The van der Waals surface area contributed by atoms with Gasteiger partial charge in [-0.1, -0.05) is 26.0 Å². The van der Waals surface area contributed by atoms with E-state index in [-0.39, 0.29) is 5.92 Å². The number of ether oxygens (including phenoxy) is 1. The van der Waals surface area contributed by atoms with Gasteiger partial charge >= 0.3 is 5.97 Å². The van der Waals surface area contributed by atoms with Gasteiger partial charge in [0.25, 0.3) is 5.91 Å². The second-order valence-corrected chi connectivity index (χ2v) is 7.45. The Hall–Kier alpha value is -2.72. The fourth-order valence-corrected chi connectivity index (χ4v) is 2.90. The number of thiazole rings is 1. The highest BCUT2D eigenvalue weighted by molar-refractivity contribution is 7.19. The lowest BCUT2D eigenvalue weighted by Gasteiger charge is -2.28. The summed E-state index contributed by atoms with van der Waals surface area (Å²) in [5, 5.41) is 12.6. The summed E-state index contributed by atoms with van der Waals surface area (Å²) < 4.78 is 6.13. The molecule has 0 radical (unpaired) electrons. The van der Waals surface area contributed by atoms with Crippen molar-refractivity contribution in [2.24, 2.45) is 5.92 Å². The lowest BCUT2D eigenvalue weighted by Crippen LogP contribution is -2.52. The van der Waals surface area contributed by atoms with Gasteiger partial charge in [0.2, 0.25) is 0 Å². The van der Waals surface area contributed by atoms with Crippen LogP contribution in [-0.4, -0.2) is 28.5 Å². The van der Waals surface area contributed by atoms with Crippen LogP contribution >= 0.6 is 11.3 Å². The normalized spacial score (nSPS) is 14.8. The van der Waals surface area contributed by atoms with Crippen LogP contribution in [-0.2, 0) is 14.3 Å². The van der Waals surface area contributed by atoms with Gasteiger partial charge in [-0.05, 0) is 38.0 Å². The number of nitrogens with zero attached hydrogens (tertiary/aromatic N) is 2. The zero-order valence-electron chi connectivity index (χ0n) is 15.1. The molecule has 0 bridgehead atoms. The highest BCUT2D eigenvalue weighted by Crippen LogP contribution is 2.22. The number of hydrogen-bond acceptors (Lipinski definition) is 6. The number of nitriles is 1. The van der Waals surface area contributed by atoms with E-state index in [0.717, 1.165) is 10.2 Å². The van der Waals surface area contributed by atoms with E-state index < -0.39 is 23.5 Å². The predicted molar refractivity (Wildman–Crippen MR) is 101 cm³/mol. The number of fused-ring (bicyclic) bond motifs is 1. The molecule has 1 amide bonds. The van der Waals surface area contributed by atoms with Crippen LogP contribution in [0.2, 0.25) is 0 Å². The summed E-state index contributed by atoms with van der Waals surface area (Å²) in [6.07, 6.45) is 1.80. The Morgan fingerprint density at radius 2 is 2.04 bits per heavy atom. The number of para-hydroxylation sites is 1. The van der Waals surface area contributed by atoms with Gasteiger partial charge in [0.05, 0.1) is 16.3 Å². The maximum Gasteiger partial charge on any atom is 0.331 e. The standard InChI is InChI=1S/C19H21N3O3S/c1-12(2)19(4,11-20)22-18(24)13(3)25-17(23)10-9-16-21-14-7-5-6-8-15(14)26-16/h5-10,12-13H,1-4H3,(H,22,24)/b10-9+/t13-,19+/m0/s1. The molecule has 2 atom stereocenters. The Kier molecular flexibility index (Phi) is 6.11. The number of carbonyl (C=O) groups excluding carboxylic acids is 2. The van der Waals surface area contributed by atoms with Gasteiger partial charge in [0.15, 0.2) is 6.10 Å².